The van der Waals surface area contributed by atoms with Gasteiger partial charge in [-0.25, -0.2) is 0 Å². The van der Waals surface area contributed by atoms with Gasteiger partial charge in [0.1, 0.15) is 11.8 Å². The van der Waals surface area contributed by atoms with Gasteiger partial charge in [0.2, 0.25) is 11.7 Å². The number of nitrogens with zero attached hydrogens (tertiary/aromatic N) is 3. The minimum Gasteiger partial charge on any atom is -0.490 e. The Morgan fingerprint density at radius 2 is 2.00 bits per heavy atom. The average molecular weight is 324 g/mol. The van der Waals surface area contributed by atoms with E-state index in [1.54, 1.807) is 0 Å². The molecule has 0 aromatic heterocycles. The number of methoxy groups -OCH3 is 1. The lowest BCUT2D eigenvalue weighted by atomic mass is 10.1. The Bertz CT molecular complexity index is 675. The summed E-state index contributed by atoms with van der Waals surface area (Å²) in [6.07, 6.45) is 0.879. The van der Waals surface area contributed by atoms with Gasteiger partial charge in [0, 0.05) is 18.5 Å². The highest BCUT2D eigenvalue weighted by Crippen LogP contribution is 2.47. The number of carbonyl (C=O) groups excluding carboxylic acids is 1. The number of ether oxygens (including phenoxy) is 1. The van der Waals surface area contributed by atoms with E-state index >= 15 is 0 Å². The van der Waals surface area contributed by atoms with Crippen molar-refractivity contribution in [1.29, 1.82) is 0 Å². The van der Waals surface area contributed by atoms with Crippen molar-refractivity contribution in [2.75, 3.05) is 25.1 Å². The smallest absolute Gasteiger partial charge is 0.318 e. The molecule has 0 fully saturated rings. The summed E-state index contributed by atoms with van der Waals surface area (Å²) in [5, 5.41) is 22.4. The van der Waals surface area contributed by atoms with E-state index in [0.717, 1.165) is 6.07 Å². The minimum absolute atomic E-state index is 0.0373. The van der Waals surface area contributed by atoms with Crippen molar-refractivity contribution in [2.45, 2.75) is 19.3 Å². The number of nitro benzene ring substituents is 2. The number of carbonyl (C=O) groups is 1. The molecule has 1 aromatic carbocycles. The molecule has 23 heavy (non-hydrogen) atoms. The molecule has 10 nitrogen and oxygen atoms in total. The largest absolute Gasteiger partial charge is 0.490 e. The Morgan fingerprint density at radius 1 is 1.35 bits per heavy atom. The van der Waals surface area contributed by atoms with Gasteiger partial charge in [-0.15, -0.1) is 0 Å². The maximum absolute atomic E-state index is 12.2. The number of hydrogen-bond acceptors (Lipinski definition) is 7. The van der Waals surface area contributed by atoms with E-state index < -0.39 is 21.2 Å². The SMILES string of the molecule is COc1c([N+](=O)[O-])cc([N+](=O)[O-])c2c1CCN2C(=O)CCCN. The maximum atomic E-state index is 12.2. The van der Waals surface area contributed by atoms with E-state index in [-0.39, 0.29) is 36.7 Å². The van der Waals surface area contributed by atoms with Crippen LogP contribution in [0.25, 0.3) is 0 Å². The van der Waals surface area contributed by atoms with Crippen LogP contribution in [0.1, 0.15) is 18.4 Å². The third-order valence-corrected chi connectivity index (χ3v) is 3.66. The Balaban J connectivity index is 2.59. The van der Waals surface area contributed by atoms with Gasteiger partial charge in [0.25, 0.3) is 5.69 Å². The van der Waals surface area contributed by atoms with Crippen molar-refractivity contribution in [3.8, 4) is 5.75 Å². The molecule has 1 amide bonds. The molecule has 0 atom stereocenters. The molecular formula is C13H16N4O6. The fourth-order valence-corrected chi connectivity index (χ4v) is 2.69. The van der Waals surface area contributed by atoms with E-state index in [1.807, 2.05) is 0 Å². The number of hydrogen-bond donors (Lipinski definition) is 1. The molecule has 2 rings (SSSR count). The quantitative estimate of drug-likeness (QED) is 0.610. The number of anilines is 1. The van der Waals surface area contributed by atoms with E-state index in [0.29, 0.717) is 18.5 Å². The van der Waals surface area contributed by atoms with Crippen molar-refractivity contribution in [3.05, 3.63) is 31.9 Å². The summed E-state index contributed by atoms with van der Waals surface area (Å²) in [4.78, 5) is 34.5. The van der Waals surface area contributed by atoms with Gasteiger partial charge in [-0.1, -0.05) is 0 Å². The molecule has 0 aliphatic carbocycles. The lowest BCUT2D eigenvalue weighted by Crippen LogP contribution is -2.29. The van der Waals surface area contributed by atoms with Gasteiger partial charge in [-0.05, 0) is 19.4 Å². The van der Waals surface area contributed by atoms with E-state index in [1.165, 1.54) is 12.0 Å². The third kappa shape index (κ3) is 2.93. The van der Waals surface area contributed by atoms with Crippen LogP contribution in [-0.4, -0.2) is 36.0 Å². The zero-order chi connectivity index (χ0) is 17.1. The standard InChI is InChI=1S/C13H16N4O6/c1-23-13-8-4-6-15(11(18)3-2-5-14)12(8)9(16(19)20)7-10(13)17(21)22/h7H,2-6,14H2,1H3. The second kappa shape index (κ2) is 6.57. The van der Waals surface area contributed by atoms with Crippen LogP contribution in [-0.2, 0) is 11.2 Å². The van der Waals surface area contributed by atoms with Crippen LogP contribution >= 0.6 is 0 Å². The van der Waals surface area contributed by atoms with Crippen LogP contribution in [0.3, 0.4) is 0 Å². The molecule has 1 heterocycles. The van der Waals surface area contributed by atoms with Crippen molar-refractivity contribution >= 4 is 23.0 Å². The fraction of sp³-hybridized carbons (Fsp3) is 0.462. The lowest BCUT2D eigenvalue weighted by Gasteiger charge is -2.17. The van der Waals surface area contributed by atoms with Crippen LogP contribution in [0.2, 0.25) is 0 Å². The van der Waals surface area contributed by atoms with E-state index in [2.05, 4.69) is 0 Å². The minimum atomic E-state index is -0.731. The highest BCUT2D eigenvalue weighted by molar-refractivity contribution is 5.99. The number of rotatable bonds is 6. The van der Waals surface area contributed by atoms with Gasteiger partial charge in [0.15, 0.2) is 0 Å². The Labute approximate surface area is 131 Å². The molecule has 0 spiro atoms. The summed E-state index contributed by atoms with van der Waals surface area (Å²) in [5.41, 5.74) is 4.83. The number of benzene rings is 1. The number of amides is 1. The first-order valence-corrected chi connectivity index (χ1v) is 6.95. The van der Waals surface area contributed by atoms with E-state index in [4.69, 9.17) is 10.5 Å². The van der Waals surface area contributed by atoms with Crippen molar-refractivity contribution < 1.29 is 19.4 Å². The van der Waals surface area contributed by atoms with Crippen LogP contribution in [0.5, 0.6) is 5.75 Å². The number of nitro groups is 2. The first kappa shape index (κ1) is 16.6. The molecular weight excluding hydrogens is 308 g/mol. The molecule has 0 bridgehead atoms. The molecule has 0 saturated heterocycles. The molecule has 1 aromatic rings. The fourth-order valence-electron chi connectivity index (χ4n) is 2.69. The summed E-state index contributed by atoms with van der Waals surface area (Å²) in [6.45, 7) is 0.551. The Kier molecular flexibility index (Phi) is 4.74. The maximum Gasteiger partial charge on any atom is 0.318 e. The van der Waals surface area contributed by atoms with Crippen molar-refractivity contribution in [3.63, 3.8) is 0 Å². The zero-order valence-electron chi connectivity index (χ0n) is 12.5. The second-order valence-corrected chi connectivity index (χ2v) is 4.98. The summed E-state index contributed by atoms with van der Waals surface area (Å²) < 4.78 is 5.07. The summed E-state index contributed by atoms with van der Waals surface area (Å²) in [7, 11) is 1.26. The molecule has 0 unspecified atom stereocenters. The first-order chi connectivity index (χ1) is 10.9. The van der Waals surface area contributed by atoms with Gasteiger partial charge < -0.3 is 15.4 Å². The summed E-state index contributed by atoms with van der Waals surface area (Å²) in [6, 6.07) is 0.839. The molecule has 0 saturated carbocycles. The predicted octanol–water partition coefficient (Wildman–Crippen LogP) is 1.14. The normalized spacial score (nSPS) is 12.9. The van der Waals surface area contributed by atoms with Gasteiger partial charge in [0.05, 0.1) is 17.0 Å². The Hall–Kier alpha value is -2.75. The number of nitrogens with two attached hydrogens (primary N) is 1. The third-order valence-electron chi connectivity index (χ3n) is 3.66. The molecule has 10 heteroatoms. The van der Waals surface area contributed by atoms with Crippen LogP contribution in [0, 0.1) is 20.2 Å². The zero-order valence-corrected chi connectivity index (χ0v) is 12.5. The Morgan fingerprint density at radius 3 is 2.52 bits per heavy atom. The average Bonchev–Trinajstić information content (AvgIpc) is 2.95. The van der Waals surface area contributed by atoms with Crippen molar-refractivity contribution in [1.82, 2.24) is 0 Å². The van der Waals surface area contributed by atoms with Gasteiger partial charge in [-0.2, -0.15) is 0 Å². The lowest BCUT2D eigenvalue weighted by molar-refractivity contribution is -0.394. The summed E-state index contributed by atoms with van der Waals surface area (Å²) >= 11 is 0. The van der Waals surface area contributed by atoms with Gasteiger partial charge in [-0.3, -0.25) is 25.0 Å². The van der Waals surface area contributed by atoms with Crippen LogP contribution in [0.15, 0.2) is 6.07 Å². The first-order valence-electron chi connectivity index (χ1n) is 6.95. The molecule has 1 aliphatic rings. The van der Waals surface area contributed by atoms with E-state index in [9.17, 15) is 25.0 Å². The van der Waals surface area contributed by atoms with Crippen LogP contribution < -0.4 is 15.4 Å². The second-order valence-electron chi connectivity index (χ2n) is 4.98. The topological polar surface area (TPSA) is 142 Å². The summed E-state index contributed by atoms with van der Waals surface area (Å²) in [5.74, 6) is -0.335. The highest BCUT2D eigenvalue weighted by Gasteiger charge is 2.38. The monoisotopic (exact) mass is 324 g/mol. The molecule has 2 N–H and O–H groups in total. The highest BCUT2D eigenvalue weighted by atomic mass is 16.6. The molecule has 124 valence electrons. The van der Waals surface area contributed by atoms with Crippen molar-refractivity contribution in [2.24, 2.45) is 5.73 Å². The molecule has 0 radical (unpaired) electrons. The van der Waals surface area contributed by atoms with Crippen LogP contribution in [0.4, 0.5) is 17.1 Å². The van der Waals surface area contributed by atoms with Gasteiger partial charge >= 0.3 is 5.69 Å². The predicted molar refractivity (Wildman–Crippen MR) is 80.6 cm³/mol. The molecule has 1 aliphatic heterocycles. The number of fused-ring (bicyclic) bond motifs is 1.